The van der Waals surface area contributed by atoms with Crippen molar-refractivity contribution in [2.75, 3.05) is 6.54 Å². The molecule has 5 nitrogen and oxygen atoms in total. The van der Waals surface area contributed by atoms with E-state index < -0.39 is 19.8 Å². The highest BCUT2D eigenvalue weighted by atomic mass is 28.3. The van der Waals surface area contributed by atoms with Crippen molar-refractivity contribution in [3.8, 4) is 0 Å². The monoisotopic (exact) mass is 496 g/mol. The molecule has 0 fully saturated rings. The smallest absolute Gasteiger partial charge is 0.407 e. The van der Waals surface area contributed by atoms with Crippen LogP contribution in [0.3, 0.4) is 0 Å². The number of alkyl carbamates (subject to hydrolysis) is 1. The van der Waals surface area contributed by atoms with Gasteiger partial charge in [0.1, 0.15) is 13.7 Å². The number of rotatable bonds is 12. The molecule has 0 aliphatic heterocycles. The Hall–Kier alpha value is -2.60. The Kier molecular flexibility index (Phi) is 11.0. The van der Waals surface area contributed by atoms with E-state index in [2.05, 4.69) is 79.9 Å². The van der Waals surface area contributed by atoms with E-state index in [4.69, 9.17) is 4.74 Å². The maximum absolute atomic E-state index is 13.1. The summed E-state index contributed by atoms with van der Waals surface area (Å²) in [6, 6.07) is 21.6. The largest absolute Gasteiger partial charge is 0.444 e. The Morgan fingerprint density at radius 2 is 1.49 bits per heavy atom. The number of nitrogens with one attached hydrogen (secondary N) is 2. The fraction of sp³-hybridized carbons (Fsp3) is 0.517. The lowest BCUT2D eigenvalue weighted by Gasteiger charge is -2.41. The van der Waals surface area contributed by atoms with Gasteiger partial charge >= 0.3 is 6.09 Å². The predicted molar refractivity (Wildman–Crippen MR) is 148 cm³/mol. The van der Waals surface area contributed by atoms with Crippen LogP contribution in [0.5, 0.6) is 0 Å². The molecule has 0 spiro atoms. The maximum atomic E-state index is 13.1. The molecule has 0 unspecified atom stereocenters. The van der Waals surface area contributed by atoms with E-state index in [-0.39, 0.29) is 11.6 Å². The normalized spacial score (nSPS) is 12.8. The van der Waals surface area contributed by atoms with Crippen molar-refractivity contribution in [2.24, 2.45) is 5.92 Å². The molecule has 0 aliphatic carbocycles. The average molecular weight is 497 g/mol. The molecule has 2 amide bonds. The van der Waals surface area contributed by atoms with Gasteiger partial charge in [-0.2, -0.15) is 0 Å². The van der Waals surface area contributed by atoms with Crippen molar-refractivity contribution in [1.82, 2.24) is 10.6 Å². The third-order valence-corrected chi connectivity index (χ3v) is 11.5. The molecule has 0 saturated carbocycles. The van der Waals surface area contributed by atoms with Gasteiger partial charge in [0.15, 0.2) is 0 Å². The second kappa shape index (κ2) is 13.5. The summed E-state index contributed by atoms with van der Waals surface area (Å²) in [6.45, 7) is 12.8. The molecule has 1 atom stereocenters. The zero-order chi connectivity index (χ0) is 25.9. The van der Waals surface area contributed by atoms with E-state index in [9.17, 15) is 9.59 Å². The van der Waals surface area contributed by atoms with Gasteiger partial charge in [0.2, 0.25) is 5.91 Å². The lowest BCUT2D eigenvalue weighted by atomic mass is 10.1. The SMILES string of the molecule is CCCCNC(=O)CC[Si](c1ccccc1)(c1ccccc1)[C@H](CC(C)C)NC(=O)OC(C)(C)C. The van der Waals surface area contributed by atoms with E-state index in [1.54, 1.807) is 0 Å². The Balaban J connectivity index is 2.58. The summed E-state index contributed by atoms with van der Waals surface area (Å²) >= 11 is 0. The van der Waals surface area contributed by atoms with Crippen molar-refractivity contribution in [2.45, 2.75) is 84.5 Å². The third-order valence-electron chi connectivity index (χ3n) is 6.17. The molecule has 2 N–H and O–H groups in total. The number of hydrogen-bond donors (Lipinski definition) is 2. The molecule has 0 heterocycles. The number of benzene rings is 2. The topological polar surface area (TPSA) is 67.4 Å². The van der Waals surface area contributed by atoms with E-state index in [0.717, 1.165) is 19.3 Å². The van der Waals surface area contributed by atoms with E-state index in [0.29, 0.717) is 24.9 Å². The molecule has 6 heteroatoms. The molecule has 0 aromatic heterocycles. The molecule has 2 rings (SSSR count). The van der Waals surface area contributed by atoms with Crippen molar-refractivity contribution in [1.29, 1.82) is 0 Å². The lowest BCUT2D eigenvalue weighted by molar-refractivity contribution is -0.120. The zero-order valence-corrected chi connectivity index (χ0v) is 23.4. The highest BCUT2D eigenvalue weighted by Gasteiger charge is 2.46. The van der Waals surface area contributed by atoms with Crippen LogP contribution < -0.4 is 21.0 Å². The minimum absolute atomic E-state index is 0.0720. The van der Waals surface area contributed by atoms with Gasteiger partial charge in [-0.25, -0.2) is 4.79 Å². The number of ether oxygens (including phenoxy) is 1. The Labute approximate surface area is 213 Å². The minimum atomic E-state index is -2.66. The van der Waals surface area contributed by atoms with Gasteiger partial charge in [0, 0.05) is 18.6 Å². The number of amides is 2. The van der Waals surface area contributed by atoms with Crippen molar-refractivity contribution in [3.63, 3.8) is 0 Å². The van der Waals surface area contributed by atoms with Crippen molar-refractivity contribution in [3.05, 3.63) is 60.7 Å². The molecule has 0 bridgehead atoms. The fourth-order valence-corrected chi connectivity index (χ4v) is 10.1. The standard InChI is InChI=1S/C29H44N2O3Si/c1-7-8-20-30-26(32)19-21-35(24-15-11-9-12-16-24,25-17-13-10-14-18-25)27(22-23(2)3)31-28(33)34-29(4,5)6/h9-18,23,27H,7-8,19-22H2,1-6H3,(H,30,32)(H,31,33)/t27-/m1/s1. The van der Waals surface area contributed by atoms with Crippen LogP contribution in [0, 0.1) is 5.92 Å². The van der Waals surface area contributed by atoms with Crippen LogP contribution in [0.2, 0.25) is 6.04 Å². The summed E-state index contributed by atoms with van der Waals surface area (Å²) in [6.07, 6.45) is 2.83. The zero-order valence-electron chi connectivity index (χ0n) is 22.4. The number of hydrogen-bond acceptors (Lipinski definition) is 3. The summed E-state index contributed by atoms with van der Waals surface area (Å²) in [7, 11) is -2.66. The van der Waals surface area contributed by atoms with Crippen LogP contribution in [0.1, 0.15) is 67.2 Å². The molecule has 2 aromatic carbocycles. The second-order valence-corrected chi connectivity index (χ2v) is 15.0. The van der Waals surface area contributed by atoms with Gasteiger partial charge in [-0.05, 0) is 45.6 Å². The average Bonchev–Trinajstić information content (AvgIpc) is 2.79. The van der Waals surface area contributed by atoms with Gasteiger partial charge in [-0.3, -0.25) is 4.79 Å². The first-order valence-electron chi connectivity index (χ1n) is 13.0. The first-order valence-corrected chi connectivity index (χ1v) is 15.2. The third kappa shape index (κ3) is 8.84. The van der Waals surface area contributed by atoms with Gasteiger partial charge in [-0.1, -0.05) is 98.2 Å². The van der Waals surface area contributed by atoms with Crippen LogP contribution in [0.25, 0.3) is 0 Å². The minimum Gasteiger partial charge on any atom is -0.444 e. The lowest BCUT2D eigenvalue weighted by Crippen LogP contribution is -2.71. The Morgan fingerprint density at radius 1 is 0.943 bits per heavy atom. The van der Waals surface area contributed by atoms with E-state index >= 15 is 0 Å². The maximum Gasteiger partial charge on any atom is 0.407 e. The molecule has 0 aliphatic rings. The molecular weight excluding hydrogens is 452 g/mol. The number of carbonyl (C=O) groups excluding carboxylic acids is 2. The van der Waals surface area contributed by atoms with E-state index in [1.807, 2.05) is 32.9 Å². The number of carbonyl (C=O) groups is 2. The number of unbranched alkanes of at least 4 members (excludes halogenated alkanes) is 1. The van der Waals surface area contributed by atoms with Gasteiger partial charge in [-0.15, -0.1) is 0 Å². The van der Waals surface area contributed by atoms with Gasteiger partial charge in [0.25, 0.3) is 0 Å². The van der Waals surface area contributed by atoms with Gasteiger partial charge in [0.05, 0.1) is 0 Å². The summed E-state index contributed by atoms with van der Waals surface area (Å²) < 4.78 is 5.70. The highest BCUT2D eigenvalue weighted by molar-refractivity contribution is 7.03. The Morgan fingerprint density at radius 3 is 1.94 bits per heavy atom. The molecule has 0 radical (unpaired) electrons. The van der Waals surface area contributed by atoms with Crippen LogP contribution >= 0.6 is 0 Å². The van der Waals surface area contributed by atoms with Crippen molar-refractivity contribution < 1.29 is 14.3 Å². The molecular formula is C29H44N2O3Si. The molecule has 2 aromatic rings. The van der Waals surface area contributed by atoms with E-state index in [1.165, 1.54) is 10.4 Å². The summed E-state index contributed by atoms with van der Waals surface area (Å²) in [5.74, 6) is 0.426. The van der Waals surface area contributed by atoms with Crippen molar-refractivity contribution >= 4 is 30.4 Å². The molecule has 192 valence electrons. The van der Waals surface area contributed by atoms with Crippen LogP contribution in [-0.4, -0.2) is 37.9 Å². The van der Waals surface area contributed by atoms with Crippen LogP contribution in [0.15, 0.2) is 60.7 Å². The van der Waals surface area contributed by atoms with Crippen LogP contribution in [-0.2, 0) is 9.53 Å². The van der Waals surface area contributed by atoms with Gasteiger partial charge < -0.3 is 15.4 Å². The second-order valence-electron chi connectivity index (χ2n) is 10.7. The Bertz CT molecular complexity index is 871. The quantitative estimate of drug-likeness (QED) is 0.320. The highest BCUT2D eigenvalue weighted by Crippen LogP contribution is 2.24. The molecule has 0 saturated heterocycles. The van der Waals surface area contributed by atoms with Crippen LogP contribution in [0.4, 0.5) is 4.79 Å². The molecule has 35 heavy (non-hydrogen) atoms. The first-order chi connectivity index (χ1) is 16.6. The summed E-state index contributed by atoms with van der Waals surface area (Å²) in [5, 5.41) is 8.80. The summed E-state index contributed by atoms with van der Waals surface area (Å²) in [4.78, 5) is 26.0. The predicted octanol–water partition coefficient (Wildman–Crippen LogP) is 5.03. The fourth-order valence-electron chi connectivity index (χ4n) is 4.61. The first kappa shape index (κ1) is 28.6. The summed E-state index contributed by atoms with van der Waals surface area (Å²) in [5.41, 5.74) is -0.722.